The Kier molecular flexibility index (Phi) is 4.48. The minimum absolute atomic E-state index is 0.0288. The second-order valence-electron chi connectivity index (χ2n) is 9.91. The number of carbonyl (C=O) groups excluding carboxylic acids is 2. The van der Waals surface area contributed by atoms with Crippen LogP contribution in [0.3, 0.4) is 0 Å². The van der Waals surface area contributed by atoms with Gasteiger partial charge in [0.1, 0.15) is 5.78 Å². The number of Topliss-reactive ketones (excluding diaryl/α,β-unsaturated/α-hetero) is 1. The van der Waals surface area contributed by atoms with Gasteiger partial charge in [0, 0.05) is 17.8 Å². The Morgan fingerprint density at radius 3 is 2.42 bits per heavy atom. The maximum absolute atomic E-state index is 13.2. The number of hydrogen-bond donors (Lipinski definition) is 0. The molecule has 5 rings (SSSR count). The lowest BCUT2D eigenvalue weighted by Gasteiger charge is -2.57. The quantitative estimate of drug-likeness (QED) is 0.554. The number of fused-ring (bicyclic) bond motifs is 7. The molecule has 0 aromatic heterocycles. The van der Waals surface area contributed by atoms with Crippen LogP contribution >= 0.6 is 0 Å². The first-order valence-corrected chi connectivity index (χ1v) is 11.2. The molecule has 0 aromatic rings. The van der Waals surface area contributed by atoms with E-state index in [1.165, 1.54) is 31.3 Å². The minimum Gasteiger partial charge on any atom is -0.299 e. The van der Waals surface area contributed by atoms with Gasteiger partial charge in [-0.05, 0) is 80.1 Å². The Balaban J connectivity index is 0.000000814. The molecule has 0 amide bonds. The summed E-state index contributed by atoms with van der Waals surface area (Å²) in [5, 5.41) is 0. The standard InChI is InChI=1S/C22H30O2.C2H6/c1-21-10-8-14(23)12-13(21)6-7-17-18(21)9-11-22(2)19(17)15-4-3-5-16(15)20(22)24;1-2/h12,15-19H,3-11H2,1-2H3;1-2H3/t15-,16+,17?,18?,19?,21-,22-;/m0./s1. The van der Waals surface area contributed by atoms with Crippen molar-refractivity contribution >= 4 is 11.6 Å². The van der Waals surface area contributed by atoms with Crippen molar-refractivity contribution < 1.29 is 9.59 Å². The highest BCUT2D eigenvalue weighted by atomic mass is 16.1. The molecule has 0 aliphatic heterocycles. The largest absolute Gasteiger partial charge is 0.299 e. The van der Waals surface area contributed by atoms with E-state index in [0.29, 0.717) is 35.2 Å². The number of rotatable bonds is 0. The maximum atomic E-state index is 13.2. The van der Waals surface area contributed by atoms with E-state index in [2.05, 4.69) is 13.8 Å². The van der Waals surface area contributed by atoms with Crippen molar-refractivity contribution in [2.45, 2.75) is 85.5 Å². The summed E-state index contributed by atoms with van der Waals surface area (Å²) in [7, 11) is 0. The molecule has 0 radical (unpaired) electrons. The average molecular weight is 357 g/mol. The summed E-state index contributed by atoms with van der Waals surface area (Å²) in [6.07, 6.45) is 12.1. The van der Waals surface area contributed by atoms with Crippen molar-refractivity contribution in [2.24, 2.45) is 40.4 Å². The van der Waals surface area contributed by atoms with Gasteiger partial charge in [-0.3, -0.25) is 9.59 Å². The van der Waals surface area contributed by atoms with E-state index in [4.69, 9.17) is 0 Å². The number of hydrogen-bond acceptors (Lipinski definition) is 2. The van der Waals surface area contributed by atoms with Crippen molar-refractivity contribution in [2.75, 3.05) is 0 Å². The third-order valence-electron chi connectivity index (χ3n) is 9.14. The van der Waals surface area contributed by atoms with Crippen LogP contribution in [0.4, 0.5) is 0 Å². The molecule has 5 aliphatic carbocycles. The van der Waals surface area contributed by atoms with Gasteiger partial charge in [0.05, 0.1) is 0 Å². The summed E-state index contributed by atoms with van der Waals surface area (Å²) < 4.78 is 0. The van der Waals surface area contributed by atoms with Crippen molar-refractivity contribution in [1.82, 2.24) is 0 Å². The lowest BCUT2D eigenvalue weighted by molar-refractivity contribution is -0.135. The molecule has 0 N–H and O–H groups in total. The summed E-state index contributed by atoms with van der Waals surface area (Å²) in [6, 6.07) is 0. The molecule has 0 spiro atoms. The van der Waals surface area contributed by atoms with Gasteiger partial charge in [0.15, 0.2) is 5.78 Å². The van der Waals surface area contributed by atoms with Crippen LogP contribution in [0.25, 0.3) is 0 Å². The summed E-state index contributed by atoms with van der Waals surface area (Å²) in [6.45, 7) is 8.75. The van der Waals surface area contributed by atoms with E-state index in [1.807, 2.05) is 19.9 Å². The second kappa shape index (κ2) is 6.31. The van der Waals surface area contributed by atoms with Gasteiger partial charge in [0.25, 0.3) is 0 Å². The topological polar surface area (TPSA) is 34.1 Å². The average Bonchev–Trinajstić information content (AvgIpc) is 3.19. The van der Waals surface area contributed by atoms with Gasteiger partial charge >= 0.3 is 0 Å². The lowest BCUT2D eigenvalue weighted by Crippen LogP contribution is -2.51. The monoisotopic (exact) mass is 356 g/mol. The molecule has 2 heteroatoms. The van der Waals surface area contributed by atoms with E-state index in [9.17, 15) is 9.59 Å². The zero-order valence-corrected chi connectivity index (χ0v) is 17.1. The SMILES string of the molecule is CC.C[C@]12CCC(=O)C=C1CCC1C2CC[C@]2(C)C(=O)[C@@H]3CCC[C@@H]3C12. The van der Waals surface area contributed by atoms with E-state index in [0.717, 1.165) is 38.0 Å². The normalized spacial score (nSPS) is 49.2. The number of carbonyl (C=O) groups is 2. The van der Waals surface area contributed by atoms with Crippen LogP contribution in [0.2, 0.25) is 0 Å². The number of ketones is 2. The third-order valence-corrected chi connectivity index (χ3v) is 9.14. The zero-order chi connectivity index (χ0) is 18.7. The molecule has 5 aliphatic rings. The zero-order valence-electron chi connectivity index (χ0n) is 17.1. The highest BCUT2D eigenvalue weighted by Crippen LogP contribution is 2.68. The van der Waals surface area contributed by atoms with E-state index < -0.39 is 0 Å². The van der Waals surface area contributed by atoms with Crippen LogP contribution in [-0.4, -0.2) is 11.6 Å². The molecule has 0 aromatic carbocycles. The van der Waals surface area contributed by atoms with Crippen LogP contribution < -0.4 is 0 Å². The predicted octanol–water partition coefficient (Wildman–Crippen LogP) is 5.75. The molecule has 0 heterocycles. The smallest absolute Gasteiger partial charge is 0.155 e. The second-order valence-corrected chi connectivity index (χ2v) is 9.91. The first-order chi connectivity index (χ1) is 12.4. The molecule has 4 fully saturated rings. The molecule has 0 saturated heterocycles. The molecular formula is C24H36O2. The van der Waals surface area contributed by atoms with Crippen molar-refractivity contribution in [3.05, 3.63) is 11.6 Å². The Labute approximate surface area is 159 Å². The van der Waals surface area contributed by atoms with Crippen LogP contribution in [0, 0.1) is 40.4 Å². The Morgan fingerprint density at radius 1 is 0.885 bits per heavy atom. The molecule has 0 bridgehead atoms. The highest BCUT2D eigenvalue weighted by molar-refractivity contribution is 5.92. The molecular weight excluding hydrogens is 320 g/mol. The summed E-state index contributed by atoms with van der Waals surface area (Å²) in [4.78, 5) is 25.1. The van der Waals surface area contributed by atoms with Crippen molar-refractivity contribution in [3.63, 3.8) is 0 Å². The molecule has 144 valence electrons. The Morgan fingerprint density at radius 2 is 1.65 bits per heavy atom. The van der Waals surface area contributed by atoms with Crippen LogP contribution in [0.15, 0.2) is 11.6 Å². The first-order valence-electron chi connectivity index (χ1n) is 11.2. The predicted molar refractivity (Wildman–Crippen MR) is 105 cm³/mol. The molecule has 26 heavy (non-hydrogen) atoms. The summed E-state index contributed by atoms with van der Waals surface area (Å²) in [5.74, 6) is 4.08. The lowest BCUT2D eigenvalue weighted by atomic mass is 9.46. The van der Waals surface area contributed by atoms with Gasteiger partial charge in [-0.1, -0.05) is 39.7 Å². The van der Waals surface area contributed by atoms with Crippen LogP contribution in [0.1, 0.15) is 85.5 Å². The molecule has 2 nitrogen and oxygen atoms in total. The Bertz CT molecular complexity index is 647. The van der Waals surface area contributed by atoms with Gasteiger partial charge in [-0.25, -0.2) is 0 Å². The van der Waals surface area contributed by atoms with Gasteiger partial charge in [0.2, 0.25) is 0 Å². The van der Waals surface area contributed by atoms with Gasteiger partial charge < -0.3 is 0 Å². The maximum Gasteiger partial charge on any atom is 0.155 e. The molecule has 4 saturated carbocycles. The molecule has 7 atom stereocenters. The summed E-state index contributed by atoms with van der Waals surface area (Å²) in [5.41, 5.74) is 1.65. The van der Waals surface area contributed by atoms with E-state index in [1.54, 1.807) is 0 Å². The van der Waals surface area contributed by atoms with Crippen molar-refractivity contribution in [3.8, 4) is 0 Å². The first kappa shape index (κ1) is 18.4. The fourth-order valence-corrected chi connectivity index (χ4v) is 8.05. The fourth-order valence-electron chi connectivity index (χ4n) is 8.05. The summed E-state index contributed by atoms with van der Waals surface area (Å²) >= 11 is 0. The van der Waals surface area contributed by atoms with Gasteiger partial charge in [-0.2, -0.15) is 0 Å². The minimum atomic E-state index is -0.0288. The fraction of sp³-hybridized carbons (Fsp3) is 0.833. The number of allylic oxidation sites excluding steroid dienone is 1. The van der Waals surface area contributed by atoms with E-state index >= 15 is 0 Å². The van der Waals surface area contributed by atoms with Crippen LogP contribution in [0.5, 0.6) is 0 Å². The third kappa shape index (κ3) is 2.29. The Hall–Kier alpha value is -0.920. The molecule has 3 unspecified atom stereocenters. The van der Waals surface area contributed by atoms with Crippen LogP contribution in [-0.2, 0) is 9.59 Å². The van der Waals surface area contributed by atoms with E-state index in [-0.39, 0.29) is 10.8 Å². The van der Waals surface area contributed by atoms with Crippen molar-refractivity contribution in [1.29, 1.82) is 0 Å². The highest BCUT2D eigenvalue weighted by Gasteiger charge is 2.65. The van der Waals surface area contributed by atoms with Gasteiger partial charge in [-0.15, -0.1) is 0 Å².